The van der Waals surface area contributed by atoms with Gasteiger partial charge >= 0.3 is 6.18 Å². The number of anilines is 1. The monoisotopic (exact) mass is 383 g/mol. The standard InChI is InChI=1S/C16H13ClF3N5O/c17-12-3-1-11(2-4-12)9-24-8-6-14(23-24)21-15(26)10-25-7-5-13(22-25)16(18,19)20/h1-8H,9-10H2,(H,21,23,26). The molecule has 1 N–H and O–H groups in total. The van der Waals surface area contributed by atoms with Crippen LogP contribution < -0.4 is 5.32 Å². The molecule has 0 aliphatic carbocycles. The molecule has 1 aromatic carbocycles. The zero-order chi connectivity index (χ0) is 18.7. The van der Waals surface area contributed by atoms with Crippen LogP contribution in [0.25, 0.3) is 0 Å². The zero-order valence-electron chi connectivity index (χ0n) is 13.2. The number of benzene rings is 1. The van der Waals surface area contributed by atoms with Gasteiger partial charge in [0, 0.05) is 23.5 Å². The smallest absolute Gasteiger partial charge is 0.308 e. The van der Waals surface area contributed by atoms with Crippen LogP contribution in [0.1, 0.15) is 11.3 Å². The first-order valence-electron chi connectivity index (χ1n) is 7.48. The van der Waals surface area contributed by atoms with Crippen molar-refractivity contribution in [1.82, 2.24) is 19.6 Å². The van der Waals surface area contributed by atoms with Gasteiger partial charge in [-0.15, -0.1) is 0 Å². The molecule has 0 fully saturated rings. The van der Waals surface area contributed by atoms with Gasteiger partial charge in [-0.25, -0.2) is 0 Å². The Balaban J connectivity index is 1.57. The molecular weight excluding hydrogens is 371 g/mol. The molecule has 1 amide bonds. The third-order valence-corrected chi connectivity index (χ3v) is 3.65. The number of carbonyl (C=O) groups is 1. The Morgan fingerprint density at radius 3 is 2.38 bits per heavy atom. The van der Waals surface area contributed by atoms with E-state index in [9.17, 15) is 18.0 Å². The summed E-state index contributed by atoms with van der Waals surface area (Å²) in [7, 11) is 0. The van der Waals surface area contributed by atoms with Crippen molar-refractivity contribution >= 4 is 23.3 Å². The van der Waals surface area contributed by atoms with E-state index in [-0.39, 0.29) is 6.54 Å². The summed E-state index contributed by atoms with van der Waals surface area (Å²) in [6.07, 6.45) is -1.76. The predicted molar refractivity (Wildman–Crippen MR) is 88.6 cm³/mol. The van der Waals surface area contributed by atoms with E-state index < -0.39 is 17.8 Å². The van der Waals surface area contributed by atoms with Crippen LogP contribution in [0.2, 0.25) is 5.02 Å². The third-order valence-electron chi connectivity index (χ3n) is 3.40. The van der Waals surface area contributed by atoms with Gasteiger partial charge in [0.2, 0.25) is 5.91 Å². The summed E-state index contributed by atoms with van der Waals surface area (Å²) in [4.78, 5) is 11.9. The highest BCUT2D eigenvalue weighted by Gasteiger charge is 2.33. The molecule has 0 bridgehead atoms. The fourth-order valence-corrected chi connectivity index (χ4v) is 2.35. The fraction of sp³-hybridized carbons (Fsp3) is 0.188. The van der Waals surface area contributed by atoms with E-state index in [1.165, 1.54) is 0 Å². The summed E-state index contributed by atoms with van der Waals surface area (Å²) in [5.74, 6) is -0.231. The Labute approximate surface area is 151 Å². The van der Waals surface area contributed by atoms with Crippen LogP contribution in [0.4, 0.5) is 19.0 Å². The molecule has 2 heterocycles. The van der Waals surface area contributed by atoms with Gasteiger partial charge in [-0.2, -0.15) is 23.4 Å². The molecular formula is C16H13ClF3N5O. The Hall–Kier alpha value is -2.81. The molecule has 3 aromatic rings. The van der Waals surface area contributed by atoms with Gasteiger partial charge in [-0.3, -0.25) is 14.2 Å². The highest BCUT2D eigenvalue weighted by atomic mass is 35.5. The molecule has 0 unspecified atom stereocenters. The first-order valence-corrected chi connectivity index (χ1v) is 7.86. The van der Waals surface area contributed by atoms with Gasteiger partial charge in [0.15, 0.2) is 11.5 Å². The van der Waals surface area contributed by atoms with Gasteiger partial charge in [0.1, 0.15) is 6.54 Å². The van der Waals surface area contributed by atoms with Gasteiger partial charge in [0.25, 0.3) is 0 Å². The topological polar surface area (TPSA) is 64.7 Å². The van der Waals surface area contributed by atoms with Crippen LogP contribution in [-0.4, -0.2) is 25.5 Å². The maximum Gasteiger partial charge on any atom is 0.435 e. The van der Waals surface area contributed by atoms with Crippen molar-refractivity contribution in [3.63, 3.8) is 0 Å². The van der Waals surface area contributed by atoms with Gasteiger partial charge < -0.3 is 5.32 Å². The number of nitrogens with zero attached hydrogens (tertiary/aromatic N) is 4. The van der Waals surface area contributed by atoms with Crippen molar-refractivity contribution in [2.24, 2.45) is 0 Å². The van der Waals surface area contributed by atoms with E-state index in [0.717, 1.165) is 22.5 Å². The molecule has 10 heteroatoms. The predicted octanol–water partition coefficient (Wildman–Crippen LogP) is 3.44. The molecule has 136 valence electrons. The number of alkyl halides is 3. The normalized spacial score (nSPS) is 11.5. The number of halogens is 4. The molecule has 0 aliphatic rings. The summed E-state index contributed by atoms with van der Waals surface area (Å²) in [6.45, 7) is 0.140. The minimum absolute atomic E-state index is 0.298. The lowest BCUT2D eigenvalue weighted by Crippen LogP contribution is -2.20. The number of rotatable bonds is 5. The van der Waals surface area contributed by atoms with Crippen molar-refractivity contribution < 1.29 is 18.0 Å². The summed E-state index contributed by atoms with van der Waals surface area (Å²) >= 11 is 5.83. The number of amides is 1. The van der Waals surface area contributed by atoms with Crippen molar-refractivity contribution in [3.8, 4) is 0 Å². The Bertz CT molecular complexity index is 901. The molecule has 2 aromatic heterocycles. The molecule has 0 aliphatic heterocycles. The third kappa shape index (κ3) is 4.63. The maximum absolute atomic E-state index is 12.5. The van der Waals surface area contributed by atoms with E-state index in [0.29, 0.717) is 17.4 Å². The Morgan fingerprint density at radius 2 is 1.73 bits per heavy atom. The molecule has 6 nitrogen and oxygen atoms in total. The van der Waals surface area contributed by atoms with Crippen molar-refractivity contribution in [1.29, 1.82) is 0 Å². The van der Waals surface area contributed by atoms with Crippen LogP contribution in [0.15, 0.2) is 48.8 Å². The number of hydrogen-bond acceptors (Lipinski definition) is 3. The van der Waals surface area contributed by atoms with Gasteiger partial charge in [0.05, 0.1) is 6.54 Å². The van der Waals surface area contributed by atoms with Crippen molar-refractivity contribution in [2.45, 2.75) is 19.3 Å². The summed E-state index contributed by atoms with van der Waals surface area (Å²) in [6, 6.07) is 9.66. The van der Waals surface area contributed by atoms with Crippen LogP contribution in [-0.2, 0) is 24.1 Å². The van der Waals surface area contributed by atoms with Crippen LogP contribution in [0.3, 0.4) is 0 Å². The molecule has 26 heavy (non-hydrogen) atoms. The maximum atomic E-state index is 12.5. The summed E-state index contributed by atoms with van der Waals surface area (Å²) in [5, 5.41) is 10.7. The van der Waals surface area contributed by atoms with Gasteiger partial charge in [-0.05, 0) is 23.8 Å². The van der Waals surface area contributed by atoms with E-state index >= 15 is 0 Å². The molecule has 0 spiro atoms. The first-order chi connectivity index (χ1) is 12.3. The lowest BCUT2D eigenvalue weighted by molar-refractivity contribution is -0.141. The SMILES string of the molecule is O=C(Cn1ccc(C(F)(F)F)n1)Nc1ccn(Cc2ccc(Cl)cc2)n1. The Morgan fingerprint density at radius 1 is 1.04 bits per heavy atom. The molecule has 0 radical (unpaired) electrons. The van der Waals surface area contributed by atoms with E-state index in [4.69, 9.17) is 11.6 Å². The highest BCUT2D eigenvalue weighted by Crippen LogP contribution is 2.27. The first kappa shape index (κ1) is 18.0. The average molecular weight is 384 g/mol. The summed E-state index contributed by atoms with van der Waals surface area (Å²) in [5.41, 5.74) is -0.0656. The van der Waals surface area contributed by atoms with E-state index in [1.807, 2.05) is 12.1 Å². The lowest BCUT2D eigenvalue weighted by Gasteiger charge is -2.04. The van der Waals surface area contributed by atoms with E-state index in [1.54, 1.807) is 29.1 Å². The number of nitrogens with one attached hydrogen (secondary N) is 1. The molecule has 3 rings (SSSR count). The zero-order valence-corrected chi connectivity index (χ0v) is 14.0. The minimum atomic E-state index is -4.54. The lowest BCUT2D eigenvalue weighted by atomic mass is 10.2. The van der Waals surface area contributed by atoms with E-state index in [2.05, 4.69) is 15.5 Å². The van der Waals surface area contributed by atoms with Crippen molar-refractivity contribution in [3.05, 3.63) is 65.1 Å². The molecule has 0 saturated heterocycles. The van der Waals surface area contributed by atoms with Gasteiger partial charge in [-0.1, -0.05) is 23.7 Å². The second-order valence-corrected chi connectivity index (χ2v) is 5.91. The number of hydrogen-bond donors (Lipinski definition) is 1. The number of carbonyl (C=O) groups excluding carboxylic acids is 1. The Kier molecular flexibility index (Phi) is 4.99. The summed E-state index contributed by atoms with van der Waals surface area (Å²) < 4.78 is 40.0. The number of aromatic nitrogens is 4. The second kappa shape index (κ2) is 7.20. The molecule has 0 atom stereocenters. The second-order valence-electron chi connectivity index (χ2n) is 5.47. The van der Waals surface area contributed by atoms with Crippen LogP contribution >= 0.6 is 11.6 Å². The minimum Gasteiger partial charge on any atom is -0.308 e. The van der Waals surface area contributed by atoms with Crippen LogP contribution in [0, 0.1) is 0 Å². The fourth-order valence-electron chi connectivity index (χ4n) is 2.22. The van der Waals surface area contributed by atoms with Crippen LogP contribution in [0.5, 0.6) is 0 Å². The van der Waals surface area contributed by atoms with Crippen molar-refractivity contribution in [2.75, 3.05) is 5.32 Å². The molecule has 0 saturated carbocycles. The largest absolute Gasteiger partial charge is 0.435 e. The quantitative estimate of drug-likeness (QED) is 0.734. The average Bonchev–Trinajstić information content (AvgIpc) is 3.19. The highest BCUT2D eigenvalue weighted by molar-refractivity contribution is 6.30.